The molecule has 3 aromatic carbocycles. The van der Waals surface area contributed by atoms with Crippen molar-refractivity contribution in [2.24, 2.45) is 0 Å². The van der Waals surface area contributed by atoms with E-state index in [1.165, 1.54) is 37.3 Å². The van der Waals surface area contributed by atoms with Crippen LogP contribution in [0.4, 0.5) is 0 Å². The van der Waals surface area contributed by atoms with E-state index in [-0.39, 0.29) is 10.7 Å². The van der Waals surface area contributed by atoms with Gasteiger partial charge in [0.2, 0.25) is 10.0 Å². The van der Waals surface area contributed by atoms with Crippen molar-refractivity contribution >= 4 is 38.6 Å². The minimum Gasteiger partial charge on any atom is -0.480 e. The third-order valence-electron chi connectivity index (χ3n) is 4.35. The Balaban J connectivity index is 1.74. The largest absolute Gasteiger partial charge is 0.480 e. The second-order valence-corrected chi connectivity index (χ2v) is 8.22. The molecule has 0 saturated carbocycles. The smallest absolute Gasteiger partial charge is 0.321 e. The van der Waals surface area contributed by atoms with Gasteiger partial charge in [0.1, 0.15) is 6.04 Å². The number of carboxylic acids is 1. The molecule has 3 rings (SSSR count). The molecular formula is C22H19NO5S. The first-order valence-electron chi connectivity index (χ1n) is 8.83. The molecule has 2 N–H and O–H groups in total. The highest BCUT2D eigenvalue weighted by molar-refractivity contribution is 7.89. The fourth-order valence-corrected chi connectivity index (χ4v) is 3.93. The summed E-state index contributed by atoms with van der Waals surface area (Å²) in [6.07, 6.45) is 3.13. The van der Waals surface area contributed by atoms with Crippen LogP contribution < -0.4 is 4.72 Å². The Kier molecular flexibility index (Phi) is 5.91. The summed E-state index contributed by atoms with van der Waals surface area (Å²) in [6.45, 7) is 1.23. The summed E-state index contributed by atoms with van der Waals surface area (Å²) in [6, 6.07) is 17.9. The lowest BCUT2D eigenvalue weighted by molar-refractivity contribution is -0.138. The van der Waals surface area contributed by atoms with E-state index in [9.17, 15) is 18.0 Å². The lowest BCUT2D eigenvalue weighted by atomic mass is 10.1. The molecule has 7 heteroatoms. The van der Waals surface area contributed by atoms with Crippen molar-refractivity contribution in [1.29, 1.82) is 0 Å². The van der Waals surface area contributed by atoms with Crippen LogP contribution in [0.5, 0.6) is 0 Å². The van der Waals surface area contributed by atoms with Crippen molar-refractivity contribution in [1.82, 2.24) is 4.72 Å². The van der Waals surface area contributed by atoms with Crippen LogP contribution in [0, 0.1) is 0 Å². The Morgan fingerprint density at radius 1 is 0.966 bits per heavy atom. The van der Waals surface area contributed by atoms with Crippen LogP contribution in [0.2, 0.25) is 0 Å². The van der Waals surface area contributed by atoms with Gasteiger partial charge in [0, 0.05) is 5.56 Å². The average Bonchev–Trinajstić information content (AvgIpc) is 2.71. The van der Waals surface area contributed by atoms with Crippen LogP contribution in [-0.4, -0.2) is 31.3 Å². The molecule has 0 radical (unpaired) electrons. The second kappa shape index (κ2) is 8.38. The molecule has 148 valence electrons. The number of fused-ring (bicyclic) bond motifs is 1. The first-order valence-corrected chi connectivity index (χ1v) is 10.3. The van der Waals surface area contributed by atoms with Crippen LogP contribution in [0.15, 0.2) is 77.7 Å². The summed E-state index contributed by atoms with van der Waals surface area (Å²) < 4.78 is 26.4. The van der Waals surface area contributed by atoms with Crippen molar-refractivity contribution in [3.05, 3.63) is 83.9 Å². The maximum Gasteiger partial charge on any atom is 0.321 e. The summed E-state index contributed by atoms with van der Waals surface area (Å²) in [4.78, 5) is 23.1. The summed E-state index contributed by atoms with van der Waals surface area (Å²) in [5, 5.41) is 11.0. The molecule has 0 spiro atoms. The summed E-state index contributed by atoms with van der Waals surface area (Å²) >= 11 is 0. The van der Waals surface area contributed by atoms with Gasteiger partial charge in [0.05, 0.1) is 4.90 Å². The Bertz CT molecular complexity index is 1200. The van der Waals surface area contributed by atoms with Crippen LogP contribution in [0.25, 0.3) is 16.8 Å². The van der Waals surface area contributed by atoms with Crippen molar-refractivity contribution < 1.29 is 23.1 Å². The Morgan fingerprint density at radius 2 is 1.62 bits per heavy atom. The molecule has 0 saturated heterocycles. The van der Waals surface area contributed by atoms with Gasteiger partial charge in [0.15, 0.2) is 5.78 Å². The third-order valence-corrected chi connectivity index (χ3v) is 5.91. The van der Waals surface area contributed by atoms with Crippen molar-refractivity contribution in [3.63, 3.8) is 0 Å². The standard InChI is InChI=1S/C22H19NO5S/c1-15(22(25)26)23-29(27,28)20-11-9-18(10-12-20)21(24)13-7-16-6-8-17-4-2-3-5-19(17)14-16/h2-15,23H,1H3,(H,25,26)/b13-7+/t15-/m0/s1. The van der Waals surface area contributed by atoms with E-state index in [0.717, 1.165) is 16.3 Å². The van der Waals surface area contributed by atoms with Crippen LogP contribution in [0.3, 0.4) is 0 Å². The highest BCUT2D eigenvalue weighted by atomic mass is 32.2. The zero-order valence-corrected chi connectivity index (χ0v) is 16.4. The van der Waals surface area contributed by atoms with Gasteiger partial charge in [-0.1, -0.05) is 42.5 Å². The normalized spacial score (nSPS) is 12.9. The van der Waals surface area contributed by atoms with E-state index in [1.807, 2.05) is 42.5 Å². The highest BCUT2D eigenvalue weighted by Crippen LogP contribution is 2.17. The quantitative estimate of drug-likeness (QED) is 0.460. The number of ketones is 1. The number of nitrogens with one attached hydrogen (secondary N) is 1. The molecule has 29 heavy (non-hydrogen) atoms. The molecule has 0 unspecified atom stereocenters. The van der Waals surface area contributed by atoms with Crippen molar-refractivity contribution in [3.8, 4) is 0 Å². The first kappa shape index (κ1) is 20.4. The fourth-order valence-electron chi connectivity index (χ4n) is 2.73. The summed E-state index contributed by atoms with van der Waals surface area (Å²) in [5.74, 6) is -1.55. The third kappa shape index (κ3) is 4.96. The van der Waals surface area contributed by atoms with Gasteiger partial charge >= 0.3 is 5.97 Å². The number of carbonyl (C=O) groups is 2. The number of hydrogen-bond donors (Lipinski definition) is 2. The average molecular weight is 409 g/mol. The van der Waals surface area contributed by atoms with Gasteiger partial charge in [-0.05, 0) is 59.7 Å². The van der Waals surface area contributed by atoms with Crippen LogP contribution in [-0.2, 0) is 14.8 Å². The number of rotatable bonds is 7. The molecule has 0 amide bonds. The number of carbonyl (C=O) groups excluding carboxylic acids is 1. The molecule has 3 aromatic rings. The zero-order valence-electron chi connectivity index (χ0n) is 15.6. The Hall–Kier alpha value is -3.29. The highest BCUT2D eigenvalue weighted by Gasteiger charge is 2.21. The maximum absolute atomic E-state index is 12.4. The lowest BCUT2D eigenvalue weighted by Gasteiger charge is -2.10. The number of hydrogen-bond acceptors (Lipinski definition) is 4. The lowest BCUT2D eigenvalue weighted by Crippen LogP contribution is -2.38. The molecule has 0 aromatic heterocycles. The maximum atomic E-state index is 12.4. The number of aliphatic carboxylic acids is 1. The topological polar surface area (TPSA) is 101 Å². The molecule has 0 aliphatic carbocycles. The van der Waals surface area contributed by atoms with Crippen molar-refractivity contribution in [2.75, 3.05) is 0 Å². The minimum absolute atomic E-state index is 0.111. The predicted octanol–water partition coefficient (Wildman–Crippen LogP) is 3.49. The monoisotopic (exact) mass is 409 g/mol. The SMILES string of the molecule is C[C@H](NS(=O)(=O)c1ccc(C(=O)/C=C/c2ccc3ccccc3c2)cc1)C(=O)O. The number of allylic oxidation sites excluding steroid dienone is 1. The molecule has 6 nitrogen and oxygen atoms in total. The Morgan fingerprint density at radius 3 is 2.28 bits per heavy atom. The molecular weight excluding hydrogens is 390 g/mol. The fraction of sp³-hybridized carbons (Fsp3) is 0.0909. The number of sulfonamides is 1. The van der Waals surface area contributed by atoms with Crippen LogP contribution in [0.1, 0.15) is 22.8 Å². The van der Waals surface area contributed by atoms with E-state index in [4.69, 9.17) is 5.11 Å². The molecule has 1 atom stereocenters. The van der Waals surface area contributed by atoms with Gasteiger partial charge < -0.3 is 5.11 Å². The van der Waals surface area contributed by atoms with Gasteiger partial charge in [-0.2, -0.15) is 4.72 Å². The van der Waals surface area contributed by atoms with E-state index in [2.05, 4.69) is 4.72 Å². The van der Waals surface area contributed by atoms with Crippen LogP contribution >= 0.6 is 0 Å². The molecule has 0 bridgehead atoms. The van der Waals surface area contributed by atoms with Gasteiger partial charge in [-0.3, -0.25) is 9.59 Å². The summed E-state index contributed by atoms with van der Waals surface area (Å²) in [7, 11) is -3.98. The number of benzene rings is 3. The van der Waals surface area contributed by atoms with E-state index >= 15 is 0 Å². The zero-order chi connectivity index (χ0) is 21.0. The van der Waals surface area contributed by atoms with Gasteiger partial charge in [-0.15, -0.1) is 0 Å². The summed E-state index contributed by atoms with van der Waals surface area (Å²) in [5.41, 5.74) is 1.20. The molecule has 0 heterocycles. The molecule has 0 aliphatic rings. The molecule has 0 aliphatic heterocycles. The predicted molar refractivity (Wildman–Crippen MR) is 111 cm³/mol. The van der Waals surface area contributed by atoms with E-state index < -0.39 is 22.0 Å². The second-order valence-electron chi connectivity index (χ2n) is 6.51. The van der Waals surface area contributed by atoms with Crippen molar-refractivity contribution in [2.45, 2.75) is 17.9 Å². The Labute approximate surface area is 168 Å². The van der Waals surface area contributed by atoms with Gasteiger partial charge in [-0.25, -0.2) is 8.42 Å². The first-order chi connectivity index (χ1) is 13.8. The van der Waals surface area contributed by atoms with E-state index in [1.54, 1.807) is 6.08 Å². The minimum atomic E-state index is -3.98. The molecule has 0 fully saturated rings. The van der Waals surface area contributed by atoms with Gasteiger partial charge in [0.25, 0.3) is 0 Å². The van der Waals surface area contributed by atoms with E-state index in [0.29, 0.717) is 5.56 Å². The number of carboxylic acid groups (broad SMARTS) is 1.